The molecule has 0 saturated heterocycles. The lowest BCUT2D eigenvalue weighted by atomic mass is 9.84. The molecule has 4 nitrogen and oxygen atoms in total. The quantitative estimate of drug-likeness (QED) is 0.808. The number of nitrogens with two attached hydrogens (primary N) is 1. The van der Waals surface area contributed by atoms with Crippen molar-refractivity contribution in [1.29, 1.82) is 0 Å². The smallest absolute Gasteiger partial charge is 0.251 e. The van der Waals surface area contributed by atoms with Crippen LogP contribution in [0, 0.1) is 5.92 Å². The van der Waals surface area contributed by atoms with Crippen molar-refractivity contribution in [3.63, 3.8) is 0 Å². The molecule has 21 heavy (non-hydrogen) atoms. The van der Waals surface area contributed by atoms with Gasteiger partial charge in [0.1, 0.15) is 0 Å². The summed E-state index contributed by atoms with van der Waals surface area (Å²) in [6.45, 7) is 0.515. The molecule has 0 spiro atoms. The predicted octanol–water partition coefficient (Wildman–Crippen LogP) is 2.81. The number of carbonyl (C=O) groups excluding carboxylic acids is 1. The Morgan fingerprint density at radius 2 is 2.10 bits per heavy atom. The molecule has 0 radical (unpaired) electrons. The summed E-state index contributed by atoms with van der Waals surface area (Å²) in [4.78, 5) is 15.6. The lowest BCUT2D eigenvalue weighted by Crippen LogP contribution is -2.45. The van der Waals surface area contributed by atoms with Crippen LogP contribution >= 0.6 is 0 Å². The summed E-state index contributed by atoms with van der Waals surface area (Å²) in [5.41, 5.74) is 7.57. The van der Waals surface area contributed by atoms with E-state index in [-0.39, 0.29) is 11.9 Å². The van der Waals surface area contributed by atoms with Crippen molar-refractivity contribution in [2.45, 2.75) is 38.1 Å². The third-order valence-corrected chi connectivity index (χ3v) is 4.61. The second-order valence-electron chi connectivity index (χ2n) is 5.99. The number of amides is 1. The zero-order chi connectivity index (χ0) is 14.7. The van der Waals surface area contributed by atoms with Gasteiger partial charge in [0.25, 0.3) is 5.91 Å². The van der Waals surface area contributed by atoms with E-state index in [1.54, 1.807) is 0 Å². The highest BCUT2D eigenvalue weighted by atomic mass is 16.1. The van der Waals surface area contributed by atoms with E-state index in [0.29, 0.717) is 18.0 Å². The number of hydrogen-bond donors (Lipinski definition) is 3. The summed E-state index contributed by atoms with van der Waals surface area (Å²) in [6, 6.07) is 7.84. The first-order valence-corrected chi connectivity index (χ1v) is 7.86. The highest BCUT2D eigenvalue weighted by Crippen LogP contribution is 2.26. The van der Waals surface area contributed by atoms with Crippen molar-refractivity contribution in [2.75, 3.05) is 6.54 Å². The molecule has 4 N–H and O–H groups in total. The molecule has 3 rings (SSSR count). The van der Waals surface area contributed by atoms with Crippen LogP contribution in [0.1, 0.15) is 42.5 Å². The molecule has 1 unspecified atom stereocenters. The second kappa shape index (κ2) is 6.31. The molecule has 4 heteroatoms. The Balaban J connectivity index is 1.71. The third kappa shape index (κ3) is 3.10. The van der Waals surface area contributed by atoms with Crippen molar-refractivity contribution in [3.05, 3.63) is 36.0 Å². The van der Waals surface area contributed by atoms with E-state index >= 15 is 0 Å². The van der Waals surface area contributed by atoms with E-state index in [1.165, 1.54) is 32.1 Å². The van der Waals surface area contributed by atoms with Crippen LogP contribution in [0.15, 0.2) is 30.5 Å². The van der Waals surface area contributed by atoms with Crippen LogP contribution in [0.2, 0.25) is 0 Å². The topological polar surface area (TPSA) is 70.9 Å². The van der Waals surface area contributed by atoms with E-state index in [4.69, 9.17) is 5.73 Å². The van der Waals surface area contributed by atoms with Crippen molar-refractivity contribution >= 4 is 16.8 Å². The van der Waals surface area contributed by atoms with Gasteiger partial charge in [-0.1, -0.05) is 25.3 Å². The number of aromatic nitrogens is 1. The molecule has 0 aliphatic heterocycles. The summed E-state index contributed by atoms with van der Waals surface area (Å²) in [5.74, 6) is 0.509. The Labute approximate surface area is 125 Å². The normalized spacial score (nSPS) is 17.8. The largest absolute Gasteiger partial charge is 0.361 e. The van der Waals surface area contributed by atoms with Gasteiger partial charge in [-0.15, -0.1) is 0 Å². The van der Waals surface area contributed by atoms with Gasteiger partial charge in [-0.25, -0.2) is 0 Å². The number of nitrogens with one attached hydrogen (secondary N) is 2. The van der Waals surface area contributed by atoms with Gasteiger partial charge in [0.15, 0.2) is 0 Å². The van der Waals surface area contributed by atoms with Crippen molar-refractivity contribution in [2.24, 2.45) is 11.7 Å². The molecule has 1 aromatic carbocycles. The van der Waals surface area contributed by atoms with Crippen LogP contribution in [0.5, 0.6) is 0 Å². The van der Waals surface area contributed by atoms with Gasteiger partial charge in [0.05, 0.1) is 0 Å². The van der Waals surface area contributed by atoms with E-state index in [9.17, 15) is 4.79 Å². The average Bonchev–Trinajstić information content (AvgIpc) is 3.00. The van der Waals surface area contributed by atoms with E-state index in [0.717, 1.165) is 10.9 Å². The minimum absolute atomic E-state index is 0.0208. The Morgan fingerprint density at radius 1 is 1.29 bits per heavy atom. The molecular weight excluding hydrogens is 262 g/mol. The first-order valence-electron chi connectivity index (χ1n) is 7.86. The van der Waals surface area contributed by atoms with Gasteiger partial charge >= 0.3 is 0 Å². The van der Waals surface area contributed by atoms with Crippen molar-refractivity contribution in [3.8, 4) is 0 Å². The number of H-pyrrole nitrogens is 1. The van der Waals surface area contributed by atoms with Crippen molar-refractivity contribution in [1.82, 2.24) is 10.3 Å². The van der Waals surface area contributed by atoms with Gasteiger partial charge in [0, 0.05) is 29.9 Å². The van der Waals surface area contributed by atoms with Gasteiger partial charge < -0.3 is 16.0 Å². The summed E-state index contributed by atoms with van der Waals surface area (Å²) in [5, 5.41) is 4.25. The van der Waals surface area contributed by atoms with Crippen LogP contribution in [0.4, 0.5) is 0 Å². The summed E-state index contributed by atoms with van der Waals surface area (Å²) in [7, 11) is 0. The zero-order valence-electron chi connectivity index (χ0n) is 12.3. The molecule has 1 atom stereocenters. The highest BCUT2D eigenvalue weighted by Gasteiger charge is 2.24. The fourth-order valence-corrected chi connectivity index (χ4v) is 3.35. The molecule has 1 aliphatic carbocycles. The van der Waals surface area contributed by atoms with Crippen LogP contribution < -0.4 is 11.1 Å². The second-order valence-corrected chi connectivity index (χ2v) is 5.99. The minimum Gasteiger partial charge on any atom is -0.361 e. The monoisotopic (exact) mass is 285 g/mol. The van der Waals surface area contributed by atoms with Crippen LogP contribution in [-0.4, -0.2) is 23.5 Å². The third-order valence-electron chi connectivity index (χ3n) is 4.61. The zero-order valence-corrected chi connectivity index (χ0v) is 12.3. The first-order chi connectivity index (χ1) is 10.3. The summed E-state index contributed by atoms with van der Waals surface area (Å²) in [6.07, 6.45) is 8.06. The number of rotatable bonds is 4. The number of carbonyl (C=O) groups is 1. The molecule has 1 fully saturated rings. The molecule has 1 saturated carbocycles. The van der Waals surface area contributed by atoms with Gasteiger partial charge in [-0.2, -0.15) is 0 Å². The summed E-state index contributed by atoms with van der Waals surface area (Å²) >= 11 is 0. The van der Waals surface area contributed by atoms with Crippen molar-refractivity contribution < 1.29 is 4.79 Å². The van der Waals surface area contributed by atoms with E-state index < -0.39 is 0 Å². The maximum atomic E-state index is 12.4. The standard InChI is InChI=1S/C17H23N3O/c18-11-16(12-4-2-1-3-5-12)20-17(21)14-7-6-13-8-9-19-15(13)10-14/h6-10,12,16,19H,1-5,11,18H2,(H,20,21). The number of fused-ring (bicyclic) bond motifs is 1. The van der Waals surface area contributed by atoms with Crippen LogP contribution in [-0.2, 0) is 0 Å². The number of aromatic amines is 1. The Bertz CT molecular complexity index is 613. The molecule has 1 aromatic heterocycles. The molecule has 2 aromatic rings. The minimum atomic E-state index is -0.0208. The fraction of sp³-hybridized carbons (Fsp3) is 0.471. The van der Waals surface area contributed by atoms with Crippen LogP contribution in [0.25, 0.3) is 10.9 Å². The molecule has 1 amide bonds. The predicted molar refractivity (Wildman–Crippen MR) is 85.2 cm³/mol. The summed E-state index contributed by atoms with van der Waals surface area (Å²) < 4.78 is 0. The maximum Gasteiger partial charge on any atom is 0.251 e. The van der Waals surface area contributed by atoms with Gasteiger partial charge in [0.2, 0.25) is 0 Å². The molecular formula is C17H23N3O. The Kier molecular flexibility index (Phi) is 4.25. The molecule has 112 valence electrons. The fourth-order valence-electron chi connectivity index (χ4n) is 3.35. The maximum absolute atomic E-state index is 12.4. The molecule has 1 aliphatic rings. The SMILES string of the molecule is NCC(NC(=O)c1ccc2cc[nH]c2c1)C1CCCCC1. The average molecular weight is 285 g/mol. The van der Waals surface area contributed by atoms with E-state index in [1.807, 2.05) is 30.5 Å². The number of hydrogen-bond acceptors (Lipinski definition) is 2. The Hall–Kier alpha value is -1.81. The Morgan fingerprint density at radius 3 is 2.86 bits per heavy atom. The van der Waals surface area contributed by atoms with Crippen LogP contribution in [0.3, 0.4) is 0 Å². The van der Waals surface area contributed by atoms with Gasteiger partial charge in [-0.3, -0.25) is 4.79 Å². The van der Waals surface area contributed by atoms with Gasteiger partial charge in [-0.05, 0) is 42.3 Å². The first kappa shape index (κ1) is 14.1. The number of benzene rings is 1. The van der Waals surface area contributed by atoms with E-state index in [2.05, 4.69) is 10.3 Å². The molecule has 1 heterocycles. The lowest BCUT2D eigenvalue weighted by molar-refractivity contribution is 0.0915. The lowest BCUT2D eigenvalue weighted by Gasteiger charge is -2.30. The highest BCUT2D eigenvalue weighted by molar-refractivity contribution is 5.98. The molecule has 0 bridgehead atoms.